The normalized spacial score (nSPS) is 10.9. The van der Waals surface area contributed by atoms with Crippen LogP contribution in [-0.2, 0) is 0 Å². The maximum atomic E-state index is 11.6. The monoisotopic (exact) mass is 499 g/mol. The van der Waals surface area contributed by atoms with Gasteiger partial charge in [-0.3, -0.25) is 0 Å². The first-order chi connectivity index (χ1) is 17.3. The number of carboxylic acid groups (broad SMARTS) is 2. The fraction of sp³-hybridized carbons (Fsp3) is 0.0370. The maximum Gasteiger partial charge on any atom is 0.336 e. The van der Waals surface area contributed by atoms with Crippen LogP contribution >= 0.6 is 11.6 Å². The molecule has 5 rings (SSSR count). The van der Waals surface area contributed by atoms with Gasteiger partial charge in [0.15, 0.2) is 5.65 Å². The van der Waals surface area contributed by atoms with Crippen molar-refractivity contribution in [3.8, 4) is 34.1 Å². The number of halogens is 1. The summed E-state index contributed by atoms with van der Waals surface area (Å²) in [4.78, 5) is 34.9. The summed E-state index contributed by atoms with van der Waals surface area (Å²) in [6.45, 7) is 1.71. The number of imidazole rings is 1. The number of rotatable bonds is 6. The van der Waals surface area contributed by atoms with E-state index in [-0.39, 0.29) is 17.1 Å². The van der Waals surface area contributed by atoms with Crippen LogP contribution in [0.3, 0.4) is 0 Å². The second-order valence-corrected chi connectivity index (χ2v) is 8.45. The van der Waals surface area contributed by atoms with Crippen molar-refractivity contribution in [1.82, 2.24) is 15.0 Å². The van der Waals surface area contributed by atoms with E-state index < -0.39 is 11.9 Å². The Morgan fingerprint density at radius 1 is 0.861 bits per heavy atom. The minimum atomic E-state index is -1.04. The maximum absolute atomic E-state index is 11.6. The summed E-state index contributed by atoms with van der Waals surface area (Å²) in [7, 11) is 0. The largest absolute Gasteiger partial charge is 0.478 e. The second kappa shape index (κ2) is 9.16. The molecule has 0 saturated heterocycles. The molecule has 3 N–H and O–H groups in total. The highest BCUT2D eigenvalue weighted by molar-refractivity contribution is 6.33. The molecule has 0 bridgehead atoms. The summed E-state index contributed by atoms with van der Waals surface area (Å²) in [6, 6.07) is 20.6. The molecule has 0 fully saturated rings. The van der Waals surface area contributed by atoms with Crippen molar-refractivity contribution in [3.63, 3.8) is 0 Å². The van der Waals surface area contributed by atoms with E-state index in [1.165, 1.54) is 6.07 Å². The molecular weight excluding hydrogens is 482 g/mol. The third-order valence-corrected chi connectivity index (χ3v) is 5.97. The molecule has 0 saturated carbocycles. The molecular formula is C27H18ClN3O5. The van der Waals surface area contributed by atoms with Crippen LogP contribution in [0, 0.1) is 6.92 Å². The van der Waals surface area contributed by atoms with E-state index in [1.54, 1.807) is 49.4 Å². The highest BCUT2D eigenvalue weighted by atomic mass is 35.5. The number of carboxylic acids is 2. The van der Waals surface area contributed by atoms with Crippen LogP contribution in [0.2, 0.25) is 5.02 Å². The van der Waals surface area contributed by atoms with E-state index in [0.717, 1.165) is 11.1 Å². The first-order valence-electron chi connectivity index (χ1n) is 10.8. The number of H-pyrrole nitrogens is 1. The Morgan fingerprint density at radius 2 is 1.56 bits per heavy atom. The van der Waals surface area contributed by atoms with Crippen LogP contribution in [0.4, 0.5) is 0 Å². The van der Waals surface area contributed by atoms with Gasteiger partial charge in [0.25, 0.3) is 0 Å². The molecule has 36 heavy (non-hydrogen) atoms. The molecule has 0 aliphatic carbocycles. The molecule has 0 atom stereocenters. The van der Waals surface area contributed by atoms with Gasteiger partial charge in [0.1, 0.15) is 5.75 Å². The van der Waals surface area contributed by atoms with Crippen molar-refractivity contribution in [2.75, 3.05) is 0 Å². The quantitative estimate of drug-likeness (QED) is 0.245. The van der Waals surface area contributed by atoms with Crippen LogP contribution in [0.15, 0.2) is 72.8 Å². The number of benzene rings is 3. The van der Waals surface area contributed by atoms with Crippen molar-refractivity contribution in [2.45, 2.75) is 6.92 Å². The van der Waals surface area contributed by atoms with Crippen LogP contribution in [0.25, 0.3) is 33.5 Å². The van der Waals surface area contributed by atoms with Gasteiger partial charge in [-0.25, -0.2) is 14.6 Å². The summed E-state index contributed by atoms with van der Waals surface area (Å²) in [5.74, 6) is -1.72. The first-order valence-corrected chi connectivity index (χ1v) is 11.2. The fourth-order valence-electron chi connectivity index (χ4n) is 3.88. The number of carbonyl (C=O) groups is 2. The first kappa shape index (κ1) is 23.1. The lowest BCUT2D eigenvalue weighted by molar-refractivity contribution is 0.0686. The number of hydrogen-bond acceptors (Lipinski definition) is 5. The topological polar surface area (TPSA) is 125 Å². The number of pyridine rings is 1. The molecule has 2 aromatic heterocycles. The standard InChI is InChI=1S/C27H18ClN3O5/c1-14-6-11-17(12-20(14)26(34)35)36-27-29-22-13-21(28)23(30-24(22)31-27)16-9-7-15(8-10-16)18-4-2-3-5-19(18)25(32)33/h2-13H,1H3,(H,32,33)(H,34,35)(H,29,30,31). The molecule has 178 valence electrons. The summed E-state index contributed by atoms with van der Waals surface area (Å²) < 4.78 is 5.73. The van der Waals surface area contributed by atoms with E-state index in [4.69, 9.17) is 16.3 Å². The smallest absolute Gasteiger partial charge is 0.336 e. The average molecular weight is 500 g/mol. The Morgan fingerprint density at radius 3 is 2.28 bits per heavy atom. The Kier molecular flexibility index (Phi) is 5.87. The van der Waals surface area contributed by atoms with Gasteiger partial charge in [-0.05, 0) is 47.9 Å². The van der Waals surface area contributed by atoms with Crippen molar-refractivity contribution in [1.29, 1.82) is 0 Å². The van der Waals surface area contributed by atoms with Gasteiger partial charge in [0.2, 0.25) is 0 Å². The molecule has 0 aliphatic heterocycles. The fourth-order valence-corrected chi connectivity index (χ4v) is 4.14. The Labute approximate surface area is 209 Å². The van der Waals surface area contributed by atoms with Crippen molar-refractivity contribution >= 4 is 34.7 Å². The number of aromatic carboxylic acids is 2. The molecule has 9 heteroatoms. The number of aryl methyl sites for hydroxylation is 1. The lowest BCUT2D eigenvalue weighted by atomic mass is 9.98. The molecule has 3 aromatic carbocycles. The molecule has 5 aromatic rings. The summed E-state index contributed by atoms with van der Waals surface area (Å²) >= 11 is 6.51. The molecule has 8 nitrogen and oxygen atoms in total. The van der Waals surface area contributed by atoms with Crippen molar-refractivity contribution in [3.05, 3.63) is 94.5 Å². The number of ether oxygens (including phenoxy) is 1. The van der Waals surface area contributed by atoms with Gasteiger partial charge < -0.3 is 19.9 Å². The predicted octanol–water partition coefficient (Wildman–Crippen LogP) is 6.44. The van der Waals surface area contributed by atoms with Gasteiger partial charge in [0.05, 0.1) is 27.4 Å². The van der Waals surface area contributed by atoms with Gasteiger partial charge >= 0.3 is 17.9 Å². The highest BCUT2D eigenvalue weighted by Crippen LogP contribution is 2.32. The minimum Gasteiger partial charge on any atom is -0.478 e. The van der Waals surface area contributed by atoms with Gasteiger partial charge in [-0.15, -0.1) is 0 Å². The van der Waals surface area contributed by atoms with Crippen LogP contribution in [-0.4, -0.2) is 37.1 Å². The molecule has 0 radical (unpaired) electrons. The molecule has 0 amide bonds. The lowest BCUT2D eigenvalue weighted by Gasteiger charge is -2.08. The average Bonchev–Trinajstić information content (AvgIpc) is 3.25. The van der Waals surface area contributed by atoms with Crippen LogP contribution < -0.4 is 4.74 Å². The second-order valence-electron chi connectivity index (χ2n) is 8.04. The number of aromatic amines is 1. The summed E-state index contributed by atoms with van der Waals surface area (Å²) in [5, 5.41) is 19.2. The Bertz CT molecular complexity index is 1640. The number of hydrogen-bond donors (Lipinski definition) is 3. The van der Waals surface area contributed by atoms with E-state index in [2.05, 4.69) is 15.0 Å². The van der Waals surface area contributed by atoms with Gasteiger partial charge in [0, 0.05) is 5.56 Å². The third-order valence-electron chi connectivity index (χ3n) is 5.69. The van der Waals surface area contributed by atoms with E-state index in [1.807, 2.05) is 24.3 Å². The minimum absolute atomic E-state index is 0.140. The number of aromatic nitrogens is 3. The van der Waals surface area contributed by atoms with E-state index >= 15 is 0 Å². The molecule has 0 spiro atoms. The lowest BCUT2D eigenvalue weighted by Crippen LogP contribution is -2.00. The third kappa shape index (κ3) is 4.37. The van der Waals surface area contributed by atoms with E-state index in [9.17, 15) is 19.8 Å². The zero-order valence-electron chi connectivity index (χ0n) is 18.8. The van der Waals surface area contributed by atoms with Gasteiger partial charge in [-0.2, -0.15) is 4.98 Å². The van der Waals surface area contributed by atoms with E-state index in [0.29, 0.717) is 38.8 Å². The molecule has 0 unspecified atom stereocenters. The van der Waals surface area contributed by atoms with Crippen LogP contribution in [0.1, 0.15) is 26.3 Å². The Balaban J connectivity index is 1.45. The molecule has 0 aliphatic rings. The Hall–Kier alpha value is -4.69. The zero-order chi connectivity index (χ0) is 25.4. The highest BCUT2D eigenvalue weighted by Gasteiger charge is 2.15. The number of nitrogens with zero attached hydrogens (tertiary/aromatic N) is 2. The summed E-state index contributed by atoms with van der Waals surface area (Å²) in [6.07, 6.45) is 0. The van der Waals surface area contributed by atoms with Crippen molar-refractivity contribution in [2.24, 2.45) is 0 Å². The van der Waals surface area contributed by atoms with Gasteiger partial charge in [-0.1, -0.05) is 60.1 Å². The predicted molar refractivity (Wildman–Crippen MR) is 135 cm³/mol. The number of fused-ring (bicyclic) bond motifs is 1. The molecule has 2 heterocycles. The van der Waals surface area contributed by atoms with Crippen molar-refractivity contribution < 1.29 is 24.5 Å². The zero-order valence-corrected chi connectivity index (χ0v) is 19.6. The van der Waals surface area contributed by atoms with Crippen LogP contribution in [0.5, 0.6) is 11.8 Å². The summed E-state index contributed by atoms with van der Waals surface area (Å²) in [5.41, 5.74) is 4.50. The number of nitrogens with one attached hydrogen (secondary N) is 1. The SMILES string of the molecule is Cc1ccc(Oc2nc3nc(-c4ccc(-c5ccccc5C(=O)O)cc4)c(Cl)cc3[nH]2)cc1C(=O)O.